The molecule has 0 aliphatic rings. The van der Waals surface area contributed by atoms with Crippen molar-refractivity contribution in [3.63, 3.8) is 0 Å². The van der Waals surface area contributed by atoms with E-state index >= 15 is 0 Å². The summed E-state index contributed by atoms with van der Waals surface area (Å²) in [5, 5.41) is 13.2. The number of ether oxygens (including phenoxy) is 1. The summed E-state index contributed by atoms with van der Waals surface area (Å²) >= 11 is 0. The summed E-state index contributed by atoms with van der Waals surface area (Å²) in [7, 11) is 0. The number of carbonyl (C=O) groups excluding carboxylic acids is 1. The van der Waals surface area contributed by atoms with Crippen molar-refractivity contribution in [2.24, 2.45) is 0 Å². The summed E-state index contributed by atoms with van der Waals surface area (Å²) < 4.78 is 39.9. The fourth-order valence-corrected chi connectivity index (χ4v) is 1.43. The minimum absolute atomic E-state index is 0.0366. The van der Waals surface area contributed by atoms with Gasteiger partial charge in [-0.1, -0.05) is 13.0 Å². The molecule has 0 saturated carbocycles. The highest BCUT2D eigenvalue weighted by Crippen LogP contribution is 2.24. The van der Waals surface area contributed by atoms with Gasteiger partial charge in [0.05, 0.1) is 0 Å². The Bertz CT molecular complexity index is 519. The number of carboxylic acid groups (broad SMARTS) is 1. The molecule has 0 aliphatic heterocycles. The molecule has 1 unspecified atom stereocenters. The van der Waals surface area contributed by atoms with Gasteiger partial charge in [0, 0.05) is 11.8 Å². The average Bonchev–Trinajstić information content (AvgIpc) is 2.33. The molecular formula is C12H13F3N2O4. The molecule has 0 bridgehead atoms. The van der Waals surface area contributed by atoms with Gasteiger partial charge in [-0.25, -0.2) is 9.59 Å². The van der Waals surface area contributed by atoms with Crippen molar-refractivity contribution in [1.29, 1.82) is 0 Å². The zero-order valence-electron chi connectivity index (χ0n) is 10.9. The number of halogens is 3. The van der Waals surface area contributed by atoms with E-state index in [1.807, 2.05) is 0 Å². The normalized spacial score (nSPS) is 12.4. The van der Waals surface area contributed by atoms with E-state index in [1.54, 1.807) is 6.92 Å². The summed E-state index contributed by atoms with van der Waals surface area (Å²) in [4.78, 5) is 22.3. The Hall–Kier alpha value is -2.45. The number of benzene rings is 1. The van der Waals surface area contributed by atoms with Gasteiger partial charge in [-0.3, -0.25) is 0 Å². The molecule has 0 fully saturated rings. The molecule has 0 radical (unpaired) electrons. The van der Waals surface area contributed by atoms with Crippen LogP contribution in [-0.2, 0) is 4.79 Å². The number of carboxylic acids is 1. The highest BCUT2D eigenvalue weighted by atomic mass is 19.4. The van der Waals surface area contributed by atoms with Crippen LogP contribution < -0.4 is 15.4 Å². The maximum atomic E-state index is 12.1. The number of nitrogens with one attached hydrogen (secondary N) is 2. The van der Waals surface area contributed by atoms with E-state index in [4.69, 9.17) is 5.11 Å². The summed E-state index contributed by atoms with van der Waals surface area (Å²) in [6, 6.07) is 2.71. The van der Waals surface area contributed by atoms with Crippen molar-refractivity contribution in [3.8, 4) is 5.75 Å². The van der Waals surface area contributed by atoms with Crippen LogP contribution in [0.15, 0.2) is 24.3 Å². The summed E-state index contributed by atoms with van der Waals surface area (Å²) in [6.45, 7) is 1.57. The van der Waals surface area contributed by atoms with E-state index in [1.165, 1.54) is 12.1 Å². The Morgan fingerprint density at radius 2 is 2.05 bits per heavy atom. The lowest BCUT2D eigenvalue weighted by molar-refractivity contribution is -0.274. The van der Waals surface area contributed by atoms with Gasteiger partial charge in [-0.05, 0) is 18.6 Å². The zero-order valence-corrected chi connectivity index (χ0v) is 10.9. The van der Waals surface area contributed by atoms with Crippen LogP contribution in [-0.4, -0.2) is 29.5 Å². The van der Waals surface area contributed by atoms with Crippen molar-refractivity contribution < 1.29 is 32.6 Å². The first kappa shape index (κ1) is 16.6. The number of anilines is 1. The van der Waals surface area contributed by atoms with Crippen LogP contribution in [0.3, 0.4) is 0 Å². The lowest BCUT2D eigenvalue weighted by atomic mass is 10.2. The second-order valence-corrected chi connectivity index (χ2v) is 3.97. The number of hydrogen-bond acceptors (Lipinski definition) is 3. The van der Waals surface area contributed by atoms with E-state index in [9.17, 15) is 22.8 Å². The van der Waals surface area contributed by atoms with Gasteiger partial charge in [-0.2, -0.15) is 0 Å². The Balaban J connectivity index is 2.68. The Labute approximate surface area is 117 Å². The maximum absolute atomic E-state index is 12.1. The number of urea groups is 1. The number of aliphatic carboxylic acids is 1. The Morgan fingerprint density at radius 1 is 1.38 bits per heavy atom. The minimum Gasteiger partial charge on any atom is -0.480 e. The largest absolute Gasteiger partial charge is 0.573 e. The van der Waals surface area contributed by atoms with E-state index in [2.05, 4.69) is 15.4 Å². The molecular weight excluding hydrogens is 293 g/mol. The van der Waals surface area contributed by atoms with Gasteiger partial charge in [0.25, 0.3) is 0 Å². The van der Waals surface area contributed by atoms with Gasteiger partial charge in [0.2, 0.25) is 0 Å². The van der Waals surface area contributed by atoms with Gasteiger partial charge >= 0.3 is 18.4 Å². The van der Waals surface area contributed by atoms with Crippen molar-refractivity contribution >= 4 is 17.7 Å². The molecule has 21 heavy (non-hydrogen) atoms. The first-order chi connectivity index (χ1) is 9.71. The quantitative estimate of drug-likeness (QED) is 0.780. The number of alkyl halides is 3. The van der Waals surface area contributed by atoms with E-state index < -0.39 is 30.2 Å². The Kier molecular flexibility index (Phi) is 5.39. The first-order valence-electron chi connectivity index (χ1n) is 5.87. The number of rotatable bonds is 5. The fraction of sp³-hybridized carbons (Fsp3) is 0.333. The lowest BCUT2D eigenvalue weighted by Crippen LogP contribution is -2.42. The van der Waals surface area contributed by atoms with Crippen LogP contribution in [0.1, 0.15) is 13.3 Å². The molecule has 1 atom stereocenters. The van der Waals surface area contributed by atoms with E-state index in [0.717, 1.165) is 12.1 Å². The molecule has 1 rings (SSSR count). The van der Waals surface area contributed by atoms with Crippen LogP contribution in [0.5, 0.6) is 5.75 Å². The zero-order chi connectivity index (χ0) is 16.0. The van der Waals surface area contributed by atoms with Gasteiger partial charge in [0.15, 0.2) is 0 Å². The highest BCUT2D eigenvalue weighted by molar-refractivity contribution is 5.92. The van der Waals surface area contributed by atoms with Crippen LogP contribution in [0, 0.1) is 0 Å². The standard InChI is InChI=1S/C12H13F3N2O4/c1-2-9(10(18)19)17-11(20)16-7-4-3-5-8(6-7)21-12(13,14)15/h3-6,9H,2H2,1H3,(H,18,19)(H2,16,17,20). The predicted octanol–water partition coefficient (Wildman–Crippen LogP) is 2.57. The van der Waals surface area contributed by atoms with Gasteiger partial charge < -0.3 is 20.5 Å². The molecule has 3 N–H and O–H groups in total. The third kappa shape index (κ3) is 6.02. The van der Waals surface area contributed by atoms with Crippen LogP contribution in [0.25, 0.3) is 0 Å². The molecule has 2 amide bonds. The van der Waals surface area contributed by atoms with Gasteiger partial charge in [-0.15, -0.1) is 13.2 Å². The molecule has 116 valence electrons. The summed E-state index contributed by atoms with van der Waals surface area (Å²) in [6.07, 6.45) is -4.67. The average molecular weight is 306 g/mol. The lowest BCUT2D eigenvalue weighted by Gasteiger charge is -2.14. The molecule has 9 heteroatoms. The minimum atomic E-state index is -4.84. The molecule has 6 nitrogen and oxygen atoms in total. The monoisotopic (exact) mass is 306 g/mol. The van der Waals surface area contributed by atoms with Crippen molar-refractivity contribution in [1.82, 2.24) is 5.32 Å². The second-order valence-electron chi connectivity index (χ2n) is 3.97. The molecule has 0 heterocycles. The SMILES string of the molecule is CCC(NC(=O)Nc1cccc(OC(F)(F)F)c1)C(=O)O. The molecule has 0 aliphatic carbocycles. The fourth-order valence-electron chi connectivity index (χ4n) is 1.43. The maximum Gasteiger partial charge on any atom is 0.573 e. The van der Waals surface area contributed by atoms with Crippen LogP contribution >= 0.6 is 0 Å². The molecule has 1 aromatic rings. The smallest absolute Gasteiger partial charge is 0.480 e. The van der Waals surface area contributed by atoms with Crippen LogP contribution in [0.4, 0.5) is 23.7 Å². The first-order valence-corrected chi connectivity index (χ1v) is 5.87. The molecule has 0 spiro atoms. The third-order valence-electron chi connectivity index (χ3n) is 2.34. The molecule has 0 aromatic heterocycles. The van der Waals surface area contributed by atoms with E-state index in [-0.39, 0.29) is 12.1 Å². The molecule has 0 saturated heterocycles. The Morgan fingerprint density at radius 3 is 2.57 bits per heavy atom. The predicted molar refractivity (Wildman–Crippen MR) is 67.0 cm³/mol. The van der Waals surface area contributed by atoms with Crippen molar-refractivity contribution in [2.45, 2.75) is 25.7 Å². The number of amides is 2. The molecule has 1 aromatic carbocycles. The van der Waals surface area contributed by atoms with Crippen molar-refractivity contribution in [2.75, 3.05) is 5.32 Å². The second kappa shape index (κ2) is 6.82. The number of carbonyl (C=O) groups is 2. The third-order valence-corrected chi connectivity index (χ3v) is 2.34. The van der Waals surface area contributed by atoms with Gasteiger partial charge in [0.1, 0.15) is 11.8 Å². The topological polar surface area (TPSA) is 87.7 Å². The highest BCUT2D eigenvalue weighted by Gasteiger charge is 2.31. The summed E-state index contributed by atoms with van der Waals surface area (Å²) in [5.74, 6) is -1.70. The summed E-state index contributed by atoms with van der Waals surface area (Å²) in [5.41, 5.74) is 0.0366. The van der Waals surface area contributed by atoms with E-state index in [0.29, 0.717) is 0 Å². The van der Waals surface area contributed by atoms with Crippen LogP contribution in [0.2, 0.25) is 0 Å². The van der Waals surface area contributed by atoms with Crippen molar-refractivity contribution in [3.05, 3.63) is 24.3 Å². The number of hydrogen-bond donors (Lipinski definition) is 3.